The maximum atomic E-state index is 13.4. The number of fused-ring (bicyclic) bond motifs is 1. The average molecular weight is 460 g/mol. The summed E-state index contributed by atoms with van der Waals surface area (Å²) in [5, 5.41) is 3.57. The van der Waals surface area contributed by atoms with Gasteiger partial charge in [0, 0.05) is 17.3 Å². The highest BCUT2D eigenvalue weighted by Gasteiger charge is 2.28. The van der Waals surface area contributed by atoms with Gasteiger partial charge in [0.05, 0.1) is 5.52 Å². The molecule has 1 atom stereocenters. The second-order valence-electron chi connectivity index (χ2n) is 7.98. The van der Waals surface area contributed by atoms with E-state index in [1.54, 1.807) is 30.5 Å². The van der Waals surface area contributed by atoms with Crippen molar-refractivity contribution in [3.05, 3.63) is 102 Å². The third-order valence-corrected chi connectivity index (χ3v) is 7.06. The maximum Gasteiger partial charge on any atom is 0.243 e. The van der Waals surface area contributed by atoms with Crippen LogP contribution in [0.3, 0.4) is 0 Å². The summed E-state index contributed by atoms with van der Waals surface area (Å²) >= 11 is 0. The van der Waals surface area contributed by atoms with Crippen molar-refractivity contribution in [1.82, 2.24) is 9.71 Å². The van der Waals surface area contributed by atoms with Crippen LogP contribution in [-0.4, -0.2) is 25.4 Å². The lowest BCUT2D eigenvalue weighted by atomic mass is 10.1. The van der Waals surface area contributed by atoms with Gasteiger partial charge in [-0.3, -0.25) is 9.78 Å². The summed E-state index contributed by atoms with van der Waals surface area (Å²) in [6, 6.07) is 22.4. The first-order valence-electron chi connectivity index (χ1n) is 10.6. The van der Waals surface area contributed by atoms with Gasteiger partial charge < -0.3 is 5.32 Å². The standard InChI is InChI=1S/C26H25N3O3S/c1-18-13-14-22(16-19(18)2)28-26(30)23(17-20-8-4-3-5-9-20)29-33(31,32)24-12-6-10-21-11-7-15-27-25(21)24/h3-16,23,29H,17H2,1-2H3,(H,28,30)/t23-/m0/s1. The number of benzene rings is 3. The zero-order chi connectivity index (χ0) is 23.4. The van der Waals surface area contributed by atoms with Gasteiger partial charge in [0.1, 0.15) is 10.9 Å². The number of nitrogens with one attached hydrogen (secondary N) is 2. The minimum Gasteiger partial charge on any atom is -0.325 e. The lowest BCUT2D eigenvalue weighted by Gasteiger charge is -2.19. The van der Waals surface area contributed by atoms with Crippen LogP contribution in [0.15, 0.2) is 90.0 Å². The van der Waals surface area contributed by atoms with E-state index < -0.39 is 22.0 Å². The van der Waals surface area contributed by atoms with E-state index in [0.717, 1.165) is 16.7 Å². The van der Waals surface area contributed by atoms with E-state index in [2.05, 4.69) is 15.0 Å². The summed E-state index contributed by atoms with van der Waals surface area (Å²) in [6.45, 7) is 3.95. The number of carbonyl (C=O) groups excluding carboxylic acids is 1. The van der Waals surface area contributed by atoms with Gasteiger partial charge >= 0.3 is 0 Å². The summed E-state index contributed by atoms with van der Waals surface area (Å²) < 4.78 is 29.4. The Hall–Kier alpha value is -3.55. The van der Waals surface area contributed by atoms with Crippen molar-refractivity contribution in [3.63, 3.8) is 0 Å². The fourth-order valence-corrected chi connectivity index (χ4v) is 5.00. The predicted octanol–water partition coefficient (Wildman–Crippen LogP) is 4.38. The van der Waals surface area contributed by atoms with Crippen molar-refractivity contribution < 1.29 is 13.2 Å². The van der Waals surface area contributed by atoms with Crippen molar-refractivity contribution in [3.8, 4) is 0 Å². The van der Waals surface area contributed by atoms with Gasteiger partial charge in [0.25, 0.3) is 0 Å². The van der Waals surface area contributed by atoms with Gasteiger partial charge in [-0.05, 0) is 61.2 Å². The van der Waals surface area contributed by atoms with Gasteiger partial charge in [0.15, 0.2) is 0 Å². The van der Waals surface area contributed by atoms with Crippen LogP contribution in [0.4, 0.5) is 5.69 Å². The predicted molar refractivity (Wildman–Crippen MR) is 131 cm³/mol. The Morgan fingerprint density at radius 1 is 0.909 bits per heavy atom. The number of sulfonamides is 1. The normalized spacial score (nSPS) is 12.4. The monoisotopic (exact) mass is 459 g/mol. The lowest BCUT2D eigenvalue weighted by Crippen LogP contribution is -2.45. The second kappa shape index (κ2) is 9.52. The van der Waals surface area contributed by atoms with E-state index in [0.29, 0.717) is 16.6 Å². The third kappa shape index (κ3) is 5.27. The average Bonchev–Trinajstić information content (AvgIpc) is 2.81. The van der Waals surface area contributed by atoms with Crippen molar-refractivity contribution >= 4 is 32.5 Å². The van der Waals surface area contributed by atoms with Gasteiger partial charge in [-0.15, -0.1) is 0 Å². The van der Waals surface area contributed by atoms with E-state index in [-0.39, 0.29) is 11.3 Å². The van der Waals surface area contributed by atoms with Crippen LogP contribution in [0.25, 0.3) is 10.9 Å². The number of amides is 1. The number of anilines is 1. The molecule has 3 aromatic carbocycles. The summed E-state index contributed by atoms with van der Waals surface area (Å²) in [5.41, 5.74) is 3.97. The van der Waals surface area contributed by atoms with Crippen molar-refractivity contribution in [2.24, 2.45) is 0 Å². The smallest absolute Gasteiger partial charge is 0.243 e. The minimum atomic E-state index is -4.03. The first-order chi connectivity index (χ1) is 15.8. The molecule has 1 amide bonds. The largest absolute Gasteiger partial charge is 0.325 e. The number of hydrogen-bond acceptors (Lipinski definition) is 4. The van der Waals surface area contributed by atoms with E-state index in [4.69, 9.17) is 0 Å². The molecule has 0 saturated heterocycles. The highest BCUT2D eigenvalue weighted by Crippen LogP contribution is 2.22. The van der Waals surface area contributed by atoms with Gasteiger partial charge in [-0.2, -0.15) is 4.72 Å². The van der Waals surface area contributed by atoms with Crippen LogP contribution in [-0.2, 0) is 21.2 Å². The topological polar surface area (TPSA) is 88.2 Å². The minimum absolute atomic E-state index is 0.0395. The molecule has 168 valence electrons. The zero-order valence-electron chi connectivity index (χ0n) is 18.4. The summed E-state index contributed by atoms with van der Waals surface area (Å²) in [4.78, 5) is 17.5. The number of aromatic nitrogens is 1. The highest BCUT2D eigenvalue weighted by atomic mass is 32.2. The van der Waals surface area contributed by atoms with Gasteiger partial charge in [-0.25, -0.2) is 8.42 Å². The fraction of sp³-hybridized carbons (Fsp3) is 0.154. The lowest BCUT2D eigenvalue weighted by molar-refractivity contribution is -0.117. The molecule has 0 spiro atoms. The molecule has 0 aliphatic heterocycles. The van der Waals surface area contributed by atoms with E-state index in [9.17, 15) is 13.2 Å². The maximum absolute atomic E-state index is 13.4. The van der Waals surface area contributed by atoms with Crippen LogP contribution >= 0.6 is 0 Å². The van der Waals surface area contributed by atoms with Crippen LogP contribution in [0, 0.1) is 13.8 Å². The molecule has 0 radical (unpaired) electrons. The van der Waals surface area contributed by atoms with Crippen LogP contribution < -0.4 is 10.0 Å². The first kappa shape index (κ1) is 22.6. The Bertz CT molecular complexity index is 1400. The summed E-state index contributed by atoms with van der Waals surface area (Å²) in [5.74, 6) is -0.432. The molecule has 6 nitrogen and oxygen atoms in total. The Labute approximate surface area is 193 Å². The Morgan fingerprint density at radius 3 is 2.42 bits per heavy atom. The molecule has 0 saturated carbocycles. The second-order valence-corrected chi connectivity index (χ2v) is 9.67. The van der Waals surface area contributed by atoms with E-state index in [1.165, 1.54) is 6.07 Å². The van der Waals surface area contributed by atoms with Gasteiger partial charge in [-0.1, -0.05) is 54.6 Å². The van der Waals surface area contributed by atoms with Gasteiger partial charge in [0.2, 0.25) is 15.9 Å². The molecule has 0 bridgehead atoms. The molecular weight excluding hydrogens is 434 g/mol. The molecule has 0 aliphatic rings. The third-order valence-electron chi connectivity index (χ3n) is 5.56. The number of pyridine rings is 1. The molecule has 1 aromatic heterocycles. The molecular formula is C26H25N3O3S. The SMILES string of the molecule is Cc1ccc(NC(=O)[C@H](Cc2ccccc2)NS(=O)(=O)c2cccc3cccnc23)cc1C. The number of aryl methyl sites for hydroxylation is 2. The van der Waals surface area contributed by atoms with Crippen LogP contribution in [0.5, 0.6) is 0 Å². The Balaban J connectivity index is 1.66. The molecule has 4 aromatic rings. The number of nitrogens with zero attached hydrogens (tertiary/aromatic N) is 1. The summed E-state index contributed by atoms with van der Waals surface area (Å²) in [7, 11) is -4.03. The number of para-hydroxylation sites is 1. The Kier molecular flexibility index (Phi) is 6.53. The number of hydrogen-bond donors (Lipinski definition) is 2. The van der Waals surface area contributed by atoms with Crippen LogP contribution in [0.1, 0.15) is 16.7 Å². The van der Waals surface area contributed by atoms with Crippen LogP contribution in [0.2, 0.25) is 0 Å². The molecule has 1 heterocycles. The molecule has 4 rings (SSSR count). The highest BCUT2D eigenvalue weighted by molar-refractivity contribution is 7.89. The quantitative estimate of drug-likeness (QED) is 0.429. The Morgan fingerprint density at radius 2 is 1.67 bits per heavy atom. The van der Waals surface area contributed by atoms with E-state index >= 15 is 0 Å². The van der Waals surface area contributed by atoms with E-state index in [1.807, 2.05) is 62.4 Å². The van der Waals surface area contributed by atoms with Crippen molar-refractivity contribution in [2.75, 3.05) is 5.32 Å². The molecule has 0 fully saturated rings. The fourth-order valence-electron chi connectivity index (χ4n) is 3.63. The molecule has 7 heteroatoms. The molecule has 2 N–H and O–H groups in total. The molecule has 33 heavy (non-hydrogen) atoms. The zero-order valence-corrected chi connectivity index (χ0v) is 19.3. The first-order valence-corrected chi connectivity index (χ1v) is 12.1. The van der Waals surface area contributed by atoms with Crippen molar-refractivity contribution in [2.45, 2.75) is 31.2 Å². The summed E-state index contributed by atoms with van der Waals surface area (Å²) in [6.07, 6.45) is 1.75. The number of rotatable bonds is 7. The molecule has 0 aliphatic carbocycles. The number of carbonyl (C=O) groups is 1. The molecule has 0 unspecified atom stereocenters. The van der Waals surface area contributed by atoms with Crippen molar-refractivity contribution in [1.29, 1.82) is 0 Å².